The summed E-state index contributed by atoms with van der Waals surface area (Å²) >= 11 is 3.14. The van der Waals surface area contributed by atoms with Gasteiger partial charge < -0.3 is 14.5 Å². The van der Waals surface area contributed by atoms with E-state index in [0.717, 1.165) is 24.3 Å². The minimum atomic E-state index is -0.230. The molecule has 0 aliphatic heterocycles. The first-order chi connectivity index (χ1) is 9.75. The summed E-state index contributed by atoms with van der Waals surface area (Å²) in [6, 6.07) is 8.88. The highest BCUT2D eigenvalue weighted by Crippen LogP contribution is 2.16. The molecule has 0 bridgehead atoms. The molecule has 0 spiro atoms. The topological polar surface area (TPSA) is 34.4 Å². The molecular weight excluding hydrogens is 325 g/mol. The van der Waals surface area contributed by atoms with Crippen LogP contribution in [0.15, 0.2) is 45.5 Å². The van der Waals surface area contributed by atoms with Gasteiger partial charge in [-0.25, -0.2) is 4.39 Å². The van der Waals surface area contributed by atoms with E-state index in [9.17, 15) is 4.39 Å². The van der Waals surface area contributed by atoms with E-state index in [1.54, 1.807) is 12.3 Å². The number of halogens is 2. The molecule has 0 aliphatic carbocycles. The third kappa shape index (κ3) is 5.07. The second kappa shape index (κ2) is 8.19. The van der Waals surface area contributed by atoms with Crippen LogP contribution in [0.1, 0.15) is 17.7 Å². The fourth-order valence-electron chi connectivity index (χ4n) is 1.75. The van der Waals surface area contributed by atoms with Gasteiger partial charge in [0.2, 0.25) is 0 Å². The molecule has 2 aromatic rings. The Morgan fingerprint density at radius 3 is 2.95 bits per heavy atom. The van der Waals surface area contributed by atoms with Crippen LogP contribution in [-0.4, -0.2) is 13.2 Å². The Morgan fingerprint density at radius 1 is 1.30 bits per heavy atom. The van der Waals surface area contributed by atoms with Gasteiger partial charge in [-0.15, -0.1) is 0 Å². The van der Waals surface area contributed by atoms with Crippen molar-refractivity contribution in [1.82, 2.24) is 5.32 Å². The first-order valence-electron chi connectivity index (χ1n) is 6.50. The Morgan fingerprint density at radius 2 is 2.20 bits per heavy atom. The van der Waals surface area contributed by atoms with E-state index in [4.69, 9.17) is 9.15 Å². The molecule has 0 atom stereocenters. The summed E-state index contributed by atoms with van der Waals surface area (Å²) in [5, 5.41) is 3.26. The lowest BCUT2D eigenvalue weighted by Crippen LogP contribution is -2.16. The molecule has 0 amide bonds. The van der Waals surface area contributed by atoms with E-state index >= 15 is 0 Å². The van der Waals surface area contributed by atoms with Gasteiger partial charge in [-0.3, -0.25) is 0 Å². The van der Waals surface area contributed by atoms with Gasteiger partial charge in [0.05, 0.1) is 10.7 Å². The highest BCUT2D eigenvalue weighted by Gasteiger charge is 2.00. The standard InChI is InChI=1S/C15H17BrFNO2/c16-14-5-4-12(9-15(14)17)10-18-6-2-7-19-11-13-3-1-8-20-13/h1,3-5,8-9,18H,2,6-7,10-11H2. The molecule has 0 radical (unpaired) electrons. The summed E-state index contributed by atoms with van der Waals surface area (Å²) in [4.78, 5) is 0. The van der Waals surface area contributed by atoms with Crippen LogP contribution in [0.25, 0.3) is 0 Å². The highest BCUT2D eigenvalue weighted by atomic mass is 79.9. The van der Waals surface area contributed by atoms with Gasteiger partial charge in [-0.1, -0.05) is 6.07 Å². The number of hydrogen-bond acceptors (Lipinski definition) is 3. The van der Waals surface area contributed by atoms with Crippen LogP contribution < -0.4 is 5.32 Å². The fourth-order valence-corrected chi connectivity index (χ4v) is 2.00. The molecule has 0 saturated carbocycles. The summed E-state index contributed by atoms with van der Waals surface area (Å²) in [6.45, 7) is 2.66. The molecule has 1 aromatic carbocycles. The van der Waals surface area contributed by atoms with Gasteiger partial charge in [-0.2, -0.15) is 0 Å². The average Bonchev–Trinajstić information content (AvgIpc) is 2.95. The summed E-state index contributed by atoms with van der Waals surface area (Å²) in [6.07, 6.45) is 2.54. The molecule has 1 aromatic heterocycles. The van der Waals surface area contributed by atoms with Gasteiger partial charge in [0.15, 0.2) is 0 Å². The number of hydrogen-bond donors (Lipinski definition) is 1. The van der Waals surface area contributed by atoms with Crippen LogP contribution in [0.5, 0.6) is 0 Å². The monoisotopic (exact) mass is 341 g/mol. The number of nitrogens with one attached hydrogen (secondary N) is 1. The Balaban J connectivity index is 1.54. The van der Waals surface area contributed by atoms with E-state index in [0.29, 0.717) is 24.2 Å². The molecule has 0 aliphatic rings. The Kier molecular flexibility index (Phi) is 6.24. The predicted molar refractivity (Wildman–Crippen MR) is 78.8 cm³/mol. The van der Waals surface area contributed by atoms with Crippen molar-refractivity contribution in [3.05, 3.63) is 58.2 Å². The molecule has 108 valence electrons. The minimum absolute atomic E-state index is 0.230. The quantitative estimate of drug-likeness (QED) is 0.740. The third-order valence-electron chi connectivity index (χ3n) is 2.78. The van der Waals surface area contributed by atoms with E-state index < -0.39 is 0 Å². The van der Waals surface area contributed by atoms with Crippen molar-refractivity contribution < 1.29 is 13.5 Å². The molecule has 0 unspecified atom stereocenters. The summed E-state index contributed by atoms with van der Waals surface area (Å²) in [5.74, 6) is 0.606. The Labute approximate surface area is 126 Å². The maximum Gasteiger partial charge on any atom is 0.137 e. The zero-order valence-electron chi connectivity index (χ0n) is 11.1. The van der Waals surface area contributed by atoms with Crippen molar-refractivity contribution in [3.8, 4) is 0 Å². The average molecular weight is 342 g/mol. The molecule has 1 N–H and O–H groups in total. The van der Waals surface area contributed by atoms with Crippen molar-refractivity contribution in [2.24, 2.45) is 0 Å². The predicted octanol–water partition coefficient (Wildman–Crippen LogP) is 3.88. The third-order valence-corrected chi connectivity index (χ3v) is 3.42. The molecule has 3 nitrogen and oxygen atoms in total. The summed E-state index contributed by atoms with van der Waals surface area (Å²) < 4.78 is 24.4. The largest absolute Gasteiger partial charge is 0.467 e. The zero-order valence-corrected chi connectivity index (χ0v) is 12.7. The number of furan rings is 1. The van der Waals surface area contributed by atoms with E-state index in [1.165, 1.54) is 6.07 Å². The van der Waals surface area contributed by atoms with Gasteiger partial charge >= 0.3 is 0 Å². The smallest absolute Gasteiger partial charge is 0.137 e. The Hall–Kier alpha value is -1.17. The fraction of sp³-hybridized carbons (Fsp3) is 0.333. The van der Waals surface area contributed by atoms with E-state index in [2.05, 4.69) is 21.2 Å². The lowest BCUT2D eigenvalue weighted by atomic mass is 10.2. The molecule has 0 saturated heterocycles. The van der Waals surface area contributed by atoms with Crippen molar-refractivity contribution in [2.75, 3.05) is 13.2 Å². The first-order valence-corrected chi connectivity index (χ1v) is 7.30. The summed E-state index contributed by atoms with van der Waals surface area (Å²) in [5.41, 5.74) is 0.933. The van der Waals surface area contributed by atoms with Crippen molar-refractivity contribution in [3.63, 3.8) is 0 Å². The maximum absolute atomic E-state index is 13.3. The van der Waals surface area contributed by atoms with Crippen LogP contribution in [0.3, 0.4) is 0 Å². The molecule has 1 heterocycles. The van der Waals surface area contributed by atoms with Gasteiger partial charge in [0.1, 0.15) is 18.2 Å². The lowest BCUT2D eigenvalue weighted by Gasteiger charge is -2.06. The van der Waals surface area contributed by atoms with Crippen LogP contribution >= 0.6 is 15.9 Å². The molecule has 0 fully saturated rings. The summed E-state index contributed by atoms with van der Waals surface area (Å²) in [7, 11) is 0. The van der Waals surface area contributed by atoms with Crippen molar-refractivity contribution >= 4 is 15.9 Å². The van der Waals surface area contributed by atoms with E-state index in [1.807, 2.05) is 18.2 Å². The SMILES string of the molecule is Fc1cc(CNCCCOCc2ccco2)ccc1Br. The van der Waals surface area contributed by atoms with Crippen LogP contribution in [-0.2, 0) is 17.9 Å². The highest BCUT2D eigenvalue weighted by molar-refractivity contribution is 9.10. The second-order valence-electron chi connectivity index (χ2n) is 4.41. The number of rotatable bonds is 8. The van der Waals surface area contributed by atoms with Crippen LogP contribution in [0, 0.1) is 5.82 Å². The molecule has 5 heteroatoms. The van der Waals surface area contributed by atoms with Gasteiger partial charge in [0, 0.05) is 13.2 Å². The van der Waals surface area contributed by atoms with Crippen molar-refractivity contribution in [1.29, 1.82) is 0 Å². The normalized spacial score (nSPS) is 10.9. The lowest BCUT2D eigenvalue weighted by molar-refractivity contribution is 0.104. The Bertz CT molecular complexity index is 517. The number of ether oxygens (including phenoxy) is 1. The minimum Gasteiger partial charge on any atom is -0.467 e. The van der Waals surface area contributed by atoms with Gasteiger partial charge in [-0.05, 0) is 58.7 Å². The second-order valence-corrected chi connectivity index (χ2v) is 5.27. The van der Waals surface area contributed by atoms with Crippen LogP contribution in [0.4, 0.5) is 4.39 Å². The molecule has 2 rings (SSSR count). The molecular formula is C15H17BrFNO2. The number of benzene rings is 1. The first kappa shape index (κ1) is 15.2. The van der Waals surface area contributed by atoms with Gasteiger partial charge in [0.25, 0.3) is 0 Å². The van der Waals surface area contributed by atoms with E-state index in [-0.39, 0.29) is 5.82 Å². The van der Waals surface area contributed by atoms with Crippen molar-refractivity contribution in [2.45, 2.75) is 19.6 Å². The maximum atomic E-state index is 13.3. The zero-order chi connectivity index (χ0) is 14.2. The van der Waals surface area contributed by atoms with Crippen LogP contribution in [0.2, 0.25) is 0 Å². The molecule has 20 heavy (non-hydrogen) atoms.